The molecule has 0 spiro atoms. The average Bonchev–Trinajstić information content (AvgIpc) is 2.40. The molecule has 0 atom stereocenters. The Bertz CT molecular complexity index is 611. The van der Waals surface area contributed by atoms with Crippen molar-refractivity contribution >= 4 is 0 Å². The van der Waals surface area contributed by atoms with Gasteiger partial charge in [-0.3, -0.25) is 0 Å². The molecule has 100 valence electrons. The number of rotatable bonds is 3. The first-order valence-electron chi connectivity index (χ1n) is 6.12. The number of hydrogen-bond donors (Lipinski definition) is 1. The summed E-state index contributed by atoms with van der Waals surface area (Å²) in [4.78, 5) is 13.0. The van der Waals surface area contributed by atoms with Gasteiger partial charge in [-0.2, -0.15) is 0 Å². The zero-order valence-corrected chi connectivity index (χ0v) is 11.7. The third-order valence-electron chi connectivity index (χ3n) is 2.96. The molecule has 5 heteroatoms. The first kappa shape index (κ1) is 13.4. The summed E-state index contributed by atoms with van der Waals surface area (Å²) in [5.41, 5.74) is 8.71. The molecule has 0 bridgehead atoms. The predicted octanol–water partition coefficient (Wildman–Crippen LogP) is 1.93. The van der Waals surface area contributed by atoms with Crippen LogP contribution >= 0.6 is 0 Å². The maximum Gasteiger partial charge on any atom is 0.163 e. The molecule has 0 saturated carbocycles. The lowest BCUT2D eigenvalue weighted by atomic mass is 10.0. The molecule has 0 radical (unpaired) electrons. The van der Waals surface area contributed by atoms with E-state index in [0.717, 1.165) is 22.4 Å². The molecule has 1 aromatic carbocycles. The van der Waals surface area contributed by atoms with Crippen LogP contribution in [0.15, 0.2) is 12.1 Å². The van der Waals surface area contributed by atoms with Crippen molar-refractivity contribution in [2.45, 2.75) is 27.3 Å². The summed E-state index contributed by atoms with van der Waals surface area (Å²) in [5, 5.41) is 0. The summed E-state index contributed by atoms with van der Waals surface area (Å²) >= 11 is 0. The second-order valence-electron chi connectivity index (χ2n) is 4.46. The van der Waals surface area contributed by atoms with Crippen LogP contribution in [0.3, 0.4) is 0 Å². The summed E-state index contributed by atoms with van der Waals surface area (Å²) in [7, 11) is 1.67. The van der Waals surface area contributed by atoms with Crippen LogP contribution in [-0.2, 0) is 6.54 Å². The van der Waals surface area contributed by atoms with E-state index in [4.69, 9.17) is 10.5 Å². The van der Waals surface area contributed by atoms with Crippen LogP contribution in [0.5, 0.6) is 5.75 Å². The van der Waals surface area contributed by atoms with E-state index in [9.17, 15) is 0 Å². The molecule has 1 heterocycles. The first-order valence-corrected chi connectivity index (χ1v) is 6.12. The molecule has 0 fully saturated rings. The molecule has 19 heavy (non-hydrogen) atoms. The molecule has 0 aliphatic heterocycles. The lowest BCUT2D eigenvalue weighted by Crippen LogP contribution is -2.08. The lowest BCUT2D eigenvalue weighted by molar-refractivity contribution is 0.411. The van der Waals surface area contributed by atoms with Gasteiger partial charge in [0.05, 0.1) is 13.7 Å². The van der Waals surface area contributed by atoms with Crippen molar-refractivity contribution in [1.29, 1.82) is 0 Å². The zero-order chi connectivity index (χ0) is 14.0. The highest BCUT2D eigenvalue weighted by molar-refractivity contribution is 5.63. The molecule has 5 nitrogen and oxygen atoms in total. The van der Waals surface area contributed by atoms with E-state index < -0.39 is 0 Å². The topological polar surface area (TPSA) is 73.9 Å². The lowest BCUT2D eigenvalue weighted by Gasteiger charge is -2.11. The Labute approximate surface area is 112 Å². The van der Waals surface area contributed by atoms with Gasteiger partial charge in [0.1, 0.15) is 17.4 Å². The molecule has 2 N–H and O–H groups in total. The van der Waals surface area contributed by atoms with Crippen molar-refractivity contribution in [3.05, 3.63) is 34.9 Å². The van der Waals surface area contributed by atoms with E-state index in [1.54, 1.807) is 7.11 Å². The van der Waals surface area contributed by atoms with Crippen LogP contribution in [0.4, 0.5) is 0 Å². The van der Waals surface area contributed by atoms with E-state index in [1.165, 1.54) is 0 Å². The Morgan fingerprint density at radius 2 is 1.79 bits per heavy atom. The van der Waals surface area contributed by atoms with Crippen molar-refractivity contribution in [2.75, 3.05) is 7.11 Å². The fraction of sp³-hybridized carbons (Fsp3) is 0.357. The van der Waals surface area contributed by atoms with Crippen molar-refractivity contribution in [1.82, 2.24) is 15.0 Å². The summed E-state index contributed by atoms with van der Waals surface area (Å²) in [6.07, 6.45) is 0. The first-order chi connectivity index (χ1) is 9.05. The van der Waals surface area contributed by atoms with Gasteiger partial charge in [0.25, 0.3) is 0 Å². The Morgan fingerprint density at radius 3 is 2.42 bits per heavy atom. The smallest absolute Gasteiger partial charge is 0.163 e. The Kier molecular flexibility index (Phi) is 3.76. The highest BCUT2D eigenvalue weighted by Gasteiger charge is 2.11. The van der Waals surface area contributed by atoms with Gasteiger partial charge in [-0.1, -0.05) is 0 Å². The average molecular weight is 258 g/mol. The van der Waals surface area contributed by atoms with Gasteiger partial charge in [-0.05, 0) is 44.0 Å². The number of benzene rings is 1. The summed E-state index contributed by atoms with van der Waals surface area (Å²) in [5.74, 6) is 2.82. The second-order valence-corrected chi connectivity index (χ2v) is 4.46. The largest absolute Gasteiger partial charge is 0.496 e. The minimum Gasteiger partial charge on any atom is -0.496 e. The standard InChI is InChI=1S/C14H18N4O/c1-8-6-12(19-4)9(2)5-11(8)14-17-10(3)16-13(7-15)18-14/h5-6H,7,15H2,1-4H3. The molecular weight excluding hydrogens is 240 g/mol. The number of nitrogens with zero attached hydrogens (tertiary/aromatic N) is 3. The van der Waals surface area contributed by atoms with Gasteiger partial charge in [-0.25, -0.2) is 15.0 Å². The normalized spacial score (nSPS) is 10.6. The zero-order valence-electron chi connectivity index (χ0n) is 11.7. The quantitative estimate of drug-likeness (QED) is 0.910. The minimum absolute atomic E-state index is 0.310. The molecule has 2 rings (SSSR count). The summed E-state index contributed by atoms with van der Waals surface area (Å²) in [6, 6.07) is 4.02. The van der Waals surface area contributed by atoms with Crippen LogP contribution in [0.2, 0.25) is 0 Å². The monoisotopic (exact) mass is 258 g/mol. The van der Waals surface area contributed by atoms with Crippen LogP contribution in [-0.4, -0.2) is 22.1 Å². The molecule has 0 saturated heterocycles. The van der Waals surface area contributed by atoms with Crippen LogP contribution in [0.1, 0.15) is 22.8 Å². The molecule has 2 aromatic rings. The van der Waals surface area contributed by atoms with Gasteiger partial charge in [0.2, 0.25) is 0 Å². The van der Waals surface area contributed by atoms with Gasteiger partial charge in [-0.15, -0.1) is 0 Å². The van der Waals surface area contributed by atoms with Crippen molar-refractivity contribution in [2.24, 2.45) is 5.73 Å². The van der Waals surface area contributed by atoms with Crippen LogP contribution < -0.4 is 10.5 Å². The molecule has 0 aliphatic rings. The maximum atomic E-state index is 5.61. The number of methoxy groups -OCH3 is 1. The summed E-state index contributed by atoms with van der Waals surface area (Å²) in [6.45, 7) is 6.17. The van der Waals surface area contributed by atoms with Gasteiger partial charge >= 0.3 is 0 Å². The fourth-order valence-electron chi connectivity index (χ4n) is 2.00. The van der Waals surface area contributed by atoms with E-state index in [1.807, 2.05) is 32.9 Å². The number of ether oxygens (including phenoxy) is 1. The third-order valence-corrected chi connectivity index (χ3v) is 2.96. The summed E-state index contributed by atoms with van der Waals surface area (Å²) < 4.78 is 5.31. The Balaban J connectivity index is 2.58. The van der Waals surface area contributed by atoms with Crippen molar-refractivity contribution < 1.29 is 4.74 Å². The SMILES string of the molecule is COc1cc(C)c(-c2nc(C)nc(CN)n2)cc1C. The van der Waals surface area contributed by atoms with Crippen molar-refractivity contribution in [3.8, 4) is 17.1 Å². The molecular formula is C14H18N4O. The molecule has 1 aromatic heterocycles. The number of aromatic nitrogens is 3. The number of aryl methyl sites for hydroxylation is 3. The molecule has 0 amide bonds. The fourth-order valence-corrected chi connectivity index (χ4v) is 2.00. The van der Waals surface area contributed by atoms with E-state index in [2.05, 4.69) is 15.0 Å². The van der Waals surface area contributed by atoms with Crippen LogP contribution in [0, 0.1) is 20.8 Å². The second kappa shape index (κ2) is 5.32. The maximum absolute atomic E-state index is 5.61. The van der Waals surface area contributed by atoms with E-state index >= 15 is 0 Å². The van der Waals surface area contributed by atoms with Gasteiger partial charge < -0.3 is 10.5 Å². The number of nitrogens with two attached hydrogens (primary N) is 1. The van der Waals surface area contributed by atoms with E-state index in [0.29, 0.717) is 24.0 Å². The van der Waals surface area contributed by atoms with Gasteiger partial charge in [0.15, 0.2) is 5.82 Å². The minimum atomic E-state index is 0.310. The predicted molar refractivity (Wildman–Crippen MR) is 73.9 cm³/mol. The Hall–Kier alpha value is -2.01. The highest BCUT2D eigenvalue weighted by Crippen LogP contribution is 2.28. The third kappa shape index (κ3) is 2.71. The van der Waals surface area contributed by atoms with Gasteiger partial charge in [0, 0.05) is 5.56 Å². The molecule has 0 aliphatic carbocycles. The highest BCUT2D eigenvalue weighted by atomic mass is 16.5. The number of hydrogen-bond acceptors (Lipinski definition) is 5. The van der Waals surface area contributed by atoms with E-state index in [-0.39, 0.29) is 0 Å². The van der Waals surface area contributed by atoms with Crippen LogP contribution in [0.25, 0.3) is 11.4 Å². The van der Waals surface area contributed by atoms with Crippen molar-refractivity contribution in [3.63, 3.8) is 0 Å². The Morgan fingerprint density at radius 1 is 1.05 bits per heavy atom. The molecule has 0 unspecified atom stereocenters.